The van der Waals surface area contributed by atoms with Gasteiger partial charge in [-0.05, 0) is 19.8 Å². The molecule has 1 aromatic rings. The minimum Gasteiger partial charge on any atom is -0.391 e. The van der Waals surface area contributed by atoms with Crippen LogP contribution in [0.4, 0.5) is 5.82 Å². The summed E-state index contributed by atoms with van der Waals surface area (Å²) in [5.74, 6) is 4.81. The molecule has 0 aliphatic carbocycles. The van der Waals surface area contributed by atoms with E-state index in [0.29, 0.717) is 6.42 Å². The van der Waals surface area contributed by atoms with Gasteiger partial charge in [0.15, 0.2) is 6.23 Å². The summed E-state index contributed by atoms with van der Waals surface area (Å²) in [5.41, 5.74) is 5.30. The number of thiazole rings is 1. The van der Waals surface area contributed by atoms with Gasteiger partial charge in [0.1, 0.15) is 10.7 Å². The molecule has 0 bridgehead atoms. The molecule has 0 aromatic carbocycles. The maximum absolute atomic E-state index is 12.6. The zero-order valence-electron chi connectivity index (χ0n) is 14.5. The van der Waals surface area contributed by atoms with Gasteiger partial charge in [0, 0.05) is 0 Å². The van der Waals surface area contributed by atoms with Crippen molar-refractivity contribution >= 4 is 23.1 Å². The standard InChI is InChI=1S/C14H23N7O4S/c1-3-4-7-5-14(15,6(2)22)11(25-7)21-9-8(26-13(21)24)10(23)18-12(17-9)19-20-16/h6-7,11-12,17,22H,3-5,15H2,1-2H3,(H2,16,19)(H,18,23)/t6-,7?,11+,12?,14+/m0/s1. The van der Waals surface area contributed by atoms with E-state index in [2.05, 4.69) is 21.0 Å². The number of rotatable bonds is 5. The van der Waals surface area contributed by atoms with Crippen molar-refractivity contribution in [1.82, 2.24) is 9.88 Å². The summed E-state index contributed by atoms with van der Waals surface area (Å²) in [6, 6.07) is 0. The van der Waals surface area contributed by atoms with Crippen LogP contribution in [0.3, 0.4) is 0 Å². The van der Waals surface area contributed by atoms with Crippen LogP contribution in [-0.4, -0.2) is 39.6 Å². The second kappa shape index (κ2) is 6.95. The van der Waals surface area contributed by atoms with Crippen molar-refractivity contribution in [3.63, 3.8) is 0 Å². The fourth-order valence-electron chi connectivity index (χ4n) is 3.39. The Hall–Kier alpha value is -2.02. The minimum absolute atomic E-state index is 0.189. The number of anilines is 1. The summed E-state index contributed by atoms with van der Waals surface area (Å²) in [7, 11) is 0. The molecule has 2 aliphatic rings. The first kappa shape index (κ1) is 18.8. The summed E-state index contributed by atoms with van der Waals surface area (Å²) in [5, 5.41) is 22.5. The summed E-state index contributed by atoms with van der Waals surface area (Å²) in [6.07, 6.45) is -0.909. The Balaban J connectivity index is 2.06. The van der Waals surface area contributed by atoms with E-state index < -0.39 is 34.9 Å². The average Bonchev–Trinajstić information content (AvgIpc) is 3.06. The van der Waals surface area contributed by atoms with Crippen molar-refractivity contribution < 1.29 is 14.6 Å². The first-order chi connectivity index (χ1) is 12.3. The maximum atomic E-state index is 12.6. The molecule has 0 radical (unpaired) electrons. The number of carbonyl (C=O) groups is 1. The minimum atomic E-state index is -1.17. The van der Waals surface area contributed by atoms with Crippen molar-refractivity contribution in [2.75, 3.05) is 5.32 Å². The molecule has 144 valence electrons. The number of fused-ring (bicyclic) bond motifs is 1. The smallest absolute Gasteiger partial charge is 0.311 e. The summed E-state index contributed by atoms with van der Waals surface area (Å²) in [4.78, 5) is 24.7. The predicted octanol–water partition coefficient (Wildman–Crippen LogP) is -0.159. The number of carbonyl (C=O) groups excluding carboxylic acids is 1. The molecule has 3 rings (SSSR count). The van der Waals surface area contributed by atoms with Gasteiger partial charge in [0.2, 0.25) is 6.29 Å². The highest BCUT2D eigenvalue weighted by Gasteiger charge is 2.51. The van der Waals surface area contributed by atoms with E-state index >= 15 is 0 Å². The second-order valence-electron chi connectivity index (χ2n) is 6.56. The van der Waals surface area contributed by atoms with Crippen LogP contribution in [0.15, 0.2) is 15.1 Å². The maximum Gasteiger partial charge on any atom is 0.311 e. The molecule has 1 saturated heterocycles. The molecule has 0 saturated carbocycles. The van der Waals surface area contributed by atoms with Gasteiger partial charge in [-0.15, -0.1) is 5.11 Å². The summed E-state index contributed by atoms with van der Waals surface area (Å²) in [6.45, 7) is 3.59. The van der Waals surface area contributed by atoms with Gasteiger partial charge in [-0.3, -0.25) is 14.2 Å². The van der Waals surface area contributed by atoms with Crippen molar-refractivity contribution in [3.8, 4) is 0 Å². The lowest BCUT2D eigenvalue weighted by Gasteiger charge is -2.34. The van der Waals surface area contributed by atoms with E-state index in [4.69, 9.17) is 16.3 Å². The number of aliphatic hydroxyl groups excluding tert-OH is 1. The fraction of sp³-hybridized carbons (Fsp3) is 0.714. The lowest BCUT2D eigenvalue weighted by molar-refractivity contribution is -0.0464. The van der Waals surface area contributed by atoms with Gasteiger partial charge in [-0.25, -0.2) is 0 Å². The number of nitrogens with one attached hydrogen (secondary N) is 2. The monoisotopic (exact) mass is 385 g/mol. The molecule has 7 N–H and O–H groups in total. The molecule has 1 fully saturated rings. The number of nitrogens with zero attached hydrogens (tertiary/aromatic N) is 3. The van der Waals surface area contributed by atoms with Gasteiger partial charge < -0.3 is 32.1 Å². The first-order valence-corrected chi connectivity index (χ1v) is 9.18. The van der Waals surface area contributed by atoms with Gasteiger partial charge in [-0.2, -0.15) is 0 Å². The number of ether oxygens (including phenoxy) is 1. The van der Waals surface area contributed by atoms with Crippen LogP contribution in [0.1, 0.15) is 49.0 Å². The van der Waals surface area contributed by atoms with Gasteiger partial charge in [0.05, 0.1) is 17.7 Å². The van der Waals surface area contributed by atoms with Crippen molar-refractivity contribution in [1.29, 1.82) is 0 Å². The Kier molecular flexibility index (Phi) is 5.01. The van der Waals surface area contributed by atoms with Crippen LogP contribution < -0.4 is 27.1 Å². The van der Waals surface area contributed by atoms with Crippen LogP contribution in [-0.2, 0) is 4.74 Å². The van der Waals surface area contributed by atoms with Crippen molar-refractivity contribution in [3.05, 3.63) is 14.5 Å². The molecule has 1 aromatic heterocycles. The molecule has 3 heterocycles. The van der Waals surface area contributed by atoms with Crippen LogP contribution in [0.25, 0.3) is 0 Å². The predicted molar refractivity (Wildman–Crippen MR) is 94.5 cm³/mol. The molecule has 11 nitrogen and oxygen atoms in total. The molecule has 0 spiro atoms. The lowest BCUT2D eigenvalue weighted by atomic mass is 9.88. The lowest BCUT2D eigenvalue weighted by Crippen LogP contribution is -2.55. The highest BCUT2D eigenvalue weighted by Crippen LogP contribution is 2.42. The zero-order chi connectivity index (χ0) is 19.1. The second-order valence-corrected chi connectivity index (χ2v) is 7.52. The number of nitrogens with two attached hydrogens (primary N) is 2. The van der Waals surface area contributed by atoms with Crippen molar-refractivity contribution in [2.24, 2.45) is 21.9 Å². The molecule has 2 aliphatic heterocycles. The molecular weight excluding hydrogens is 362 g/mol. The van der Waals surface area contributed by atoms with Crippen LogP contribution in [0.5, 0.6) is 0 Å². The zero-order valence-corrected chi connectivity index (χ0v) is 15.3. The van der Waals surface area contributed by atoms with E-state index in [0.717, 1.165) is 24.2 Å². The molecular formula is C14H23N7O4S. The SMILES string of the molecule is CCCC1C[C@@](N)([C@H](C)O)[C@H](n2c3c(sc2=O)C(=O)NC(N=NN)N3)O1. The normalized spacial score (nSPS) is 32.3. The molecule has 2 unspecified atom stereocenters. The third-order valence-corrected chi connectivity index (χ3v) is 5.71. The highest BCUT2D eigenvalue weighted by atomic mass is 32.1. The number of hydrogen-bond acceptors (Lipinski definition) is 9. The van der Waals surface area contributed by atoms with E-state index in [9.17, 15) is 14.7 Å². The van der Waals surface area contributed by atoms with E-state index in [1.54, 1.807) is 6.92 Å². The third-order valence-electron chi connectivity index (χ3n) is 4.76. The Morgan fingerprint density at radius 3 is 2.85 bits per heavy atom. The average molecular weight is 385 g/mol. The number of aliphatic hydroxyl groups is 1. The van der Waals surface area contributed by atoms with E-state index in [-0.39, 0.29) is 16.8 Å². The Morgan fingerprint density at radius 2 is 2.23 bits per heavy atom. The topological polar surface area (TPSA) is 169 Å². The largest absolute Gasteiger partial charge is 0.391 e. The molecule has 26 heavy (non-hydrogen) atoms. The first-order valence-electron chi connectivity index (χ1n) is 8.37. The Labute approximate surface area is 153 Å². The summed E-state index contributed by atoms with van der Waals surface area (Å²) >= 11 is 0.771. The Morgan fingerprint density at radius 1 is 1.50 bits per heavy atom. The van der Waals surface area contributed by atoms with Gasteiger partial charge in [0.25, 0.3) is 5.91 Å². The Bertz CT molecular complexity index is 776. The van der Waals surface area contributed by atoms with Crippen molar-refractivity contribution in [2.45, 2.75) is 63.4 Å². The molecule has 1 amide bonds. The van der Waals surface area contributed by atoms with Crippen LogP contribution in [0, 0.1) is 0 Å². The number of hydrogen-bond donors (Lipinski definition) is 5. The van der Waals surface area contributed by atoms with Crippen LogP contribution in [0.2, 0.25) is 0 Å². The summed E-state index contributed by atoms with van der Waals surface area (Å²) < 4.78 is 7.33. The molecule has 5 atom stereocenters. The number of aromatic nitrogens is 1. The molecule has 12 heteroatoms. The third kappa shape index (κ3) is 2.98. The highest BCUT2D eigenvalue weighted by molar-refractivity contribution is 7.12. The quantitative estimate of drug-likeness (QED) is 0.266. The number of amides is 1. The van der Waals surface area contributed by atoms with Crippen LogP contribution >= 0.6 is 11.3 Å². The van der Waals surface area contributed by atoms with E-state index in [1.165, 1.54) is 4.57 Å². The fourth-order valence-corrected chi connectivity index (χ4v) is 4.26. The van der Waals surface area contributed by atoms with Gasteiger partial charge in [-0.1, -0.05) is 29.9 Å². The van der Waals surface area contributed by atoms with Gasteiger partial charge >= 0.3 is 4.87 Å². The van der Waals surface area contributed by atoms with E-state index in [1.807, 2.05) is 6.92 Å².